The van der Waals surface area contributed by atoms with Crippen molar-refractivity contribution in [2.45, 2.75) is 7.71 Å². The summed E-state index contributed by atoms with van der Waals surface area (Å²) < 4.78 is -3.54. The first-order chi connectivity index (χ1) is 9.18. The molecule has 108 valence electrons. The van der Waals surface area contributed by atoms with Crippen molar-refractivity contribution in [1.29, 1.82) is 0 Å². The lowest BCUT2D eigenvalue weighted by Crippen LogP contribution is -2.47. The summed E-state index contributed by atoms with van der Waals surface area (Å²) in [6, 6.07) is 9.25. The first kappa shape index (κ1) is 16.3. The Hall–Kier alpha value is -0.0300. The lowest BCUT2D eigenvalue weighted by Gasteiger charge is -2.33. The van der Waals surface area contributed by atoms with Gasteiger partial charge in [-0.1, -0.05) is 99.9 Å². The van der Waals surface area contributed by atoms with Crippen LogP contribution >= 0.6 is 69.6 Å². The molecule has 1 aliphatic heterocycles. The first-order valence-electron chi connectivity index (χ1n) is 5.24. The van der Waals surface area contributed by atoms with Crippen molar-refractivity contribution < 1.29 is 0 Å². The van der Waals surface area contributed by atoms with Gasteiger partial charge in [-0.15, -0.1) is 0 Å². The summed E-state index contributed by atoms with van der Waals surface area (Å²) >= 11 is 35.0. The van der Waals surface area contributed by atoms with Crippen LogP contribution in [0.2, 0.25) is 0 Å². The molecule has 0 bridgehead atoms. The average Bonchev–Trinajstić information content (AvgIpc) is 2.37. The van der Waals surface area contributed by atoms with E-state index in [1.54, 1.807) is 6.08 Å². The molecule has 0 saturated heterocycles. The van der Waals surface area contributed by atoms with E-state index in [0.29, 0.717) is 5.71 Å². The second-order valence-electron chi connectivity index (χ2n) is 3.80. The summed E-state index contributed by atoms with van der Waals surface area (Å²) in [6.45, 7) is 0. The summed E-state index contributed by atoms with van der Waals surface area (Å²) in [5, 5.41) is 5.18. The monoisotopic (exact) mass is 391 g/mol. The zero-order chi connectivity index (χ0) is 15.0. The van der Waals surface area contributed by atoms with Gasteiger partial charge in [0.2, 0.25) is 3.79 Å². The van der Waals surface area contributed by atoms with Crippen LogP contribution in [0.3, 0.4) is 0 Å². The lowest BCUT2D eigenvalue weighted by molar-refractivity contribution is 0.216. The van der Waals surface area contributed by atoms with Crippen molar-refractivity contribution >= 4 is 75.3 Å². The van der Waals surface area contributed by atoms with Crippen LogP contribution in [-0.4, -0.2) is 18.5 Å². The molecule has 0 aliphatic carbocycles. The molecule has 20 heavy (non-hydrogen) atoms. The van der Waals surface area contributed by atoms with Crippen molar-refractivity contribution in [3.63, 3.8) is 0 Å². The normalized spacial score (nSPS) is 16.4. The molecule has 2 rings (SSSR count). The molecule has 0 saturated carbocycles. The Labute approximate surface area is 146 Å². The summed E-state index contributed by atoms with van der Waals surface area (Å²) in [6.07, 6.45) is 1.58. The minimum Gasteiger partial charge on any atom is -0.278 e. The summed E-state index contributed by atoms with van der Waals surface area (Å²) in [5.41, 5.74) is 4.16. The van der Waals surface area contributed by atoms with Crippen LogP contribution in [0, 0.1) is 0 Å². The van der Waals surface area contributed by atoms with Crippen LogP contribution in [-0.2, 0) is 0 Å². The van der Waals surface area contributed by atoms with Crippen molar-refractivity contribution in [2.75, 3.05) is 0 Å². The highest BCUT2D eigenvalue weighted by molar-refractivity contribution is 6.69. The standard InChI is InChI=1S/C11H7Cl6N3/c12-10(13,14)9-6-8(7-4-2-1-3-5-7)18-20(19-9)11(15,16)17/h1-6,19H. The average molecular weight is 394 g/mol. The van der Waals surface area contributed by atoms with E-state index in [-0.39, 0.29) is 5.70 Å². The van der Waals surface area contributed by atoms with E-state index in [9.17, 15) is 0 Å². The predicted molar refractivity (Wildman–Crippen MR) is 86.6 cm³/mol. The van der Waals surface area contributed by atoms with Gasteiger partial charge in [-0.05, 0) is 6.08 Å². The number of hydrogen-bond donors (Lipinski definition) is 1. The number of hydrazone groups is 1. The van der Waals surface area contributed by atoms with Crippen LogP contribution in [0.15, 0.2) is 47.2 Å². The Bertz CT molecular complexity index is 544. The molecule has 0 amide bonds. The Morgan fingerprint density at radius 3 is 2.05 bits per heavy atom. The Kier molecular flexibility index (Phi) is 4.90. The number of nitrogens with one attached hydrogen (secondary N) is 1. The van der Waals surface area contributed by atoms with Gasteiger partial charge in [0, 0.05) is 5.56 Å². The third-order valence-electron chi connectivity index (χ3n) is 2.33. The van der Waals surface area contributed by atoms with Gasteiger partial charge in [0.1, 0.15) is 0 Å². The molecule has 0 fully saturated rings. The van der Waals surface area contributed by atoms with Gasteiger partial charge in [-0.3, -0.25) is 5.43 Å². The zero-order valence-electron chi connectivity index (χ0n) is 9.63. The maximum atomic E-state index is 5.87. The third-order valence-corrected chi connectivity index (χ3v) is 3.42. The molecular weight excluding hydrogens is 387 g/mol. The van der Waals surface area contributed by atoms with Gasteiger partial charge < -0.3 is 0 Å². The predicted octanol–water partition coefficient (Wildman–Crippen LogP) is 4.79. The van der Waals surface area contributed by atoms with Gasteiger partial charge in [-0.2, -0.15) is 10.2 Å². The van der Waals surface area contributed by atoms with E-state index < -0.39 is 7.71 Å². The van der Waals surface area contributed by atoms with E-state index in [4.69, 9.17) is 69.6 Å². The minimum absolute atomic E-state index is 0.225. The van der Waals surface area contributed by atoms with Crippen LogP contribution in [0.5, 0.6) is 0 Å². The van der Waals surface area contributed by atoms with Crippen molar-refractivity contribution in [2.24, 2.45) is 5.10 Å². The molecule has 1 heterocycles. The number of benzene rings is 1. The van der Waals surface area contributed by atoms with Crippen molar-refractivity contribution in [3.05, 3.63) is 47.7 Å². The number of hydrazine groups is 1. The van der Waals surface area contributed by atoms with E-state index >= 15 is 0 Å². The molecule has 9 heteroatoms. The van der Waals surface area contributed by atoms with Crippen LogP contribution in [0.4, 0.5) is 0 Å². The summed E-state index contributed by atoms with van der Waals surface area (Å²) in [4.78, 5) is 0. The molecule has 0 unspecified atom stereocenters. The Morgan fingerprint density at radius 2 is 1.55 bits per heavy atom. The highest BCUT2D eigenvalue weighted by atomic mass is 35.6. The number of halogens is 6. The van der Waals surface area contributed by atoms with Crippen molar-refractivity contribution in [1.82, 2.24) is 10.5 Å². The second-order valence-corrected chi connectivity index (χ2v) is 8.30. The maximum Gasteiger partial charge on any atom is 0.301 e. The minimum atomic E-state index is -1.84. The number of allylic oxidation sites excluding steroid dienone is 2. The topological polar surface area (TPSA) is 27.6 Å². The first-order valence-corrected chi connectivity index (χ1v) is 7.51. The number of rotatable bonds is 1. The van der Waals surface area contributed by atoms with Crippen LogP contribution in [0.25, 0.3) is 0 Å². The van der Waals surface area contributed by atoms with Crippen LogP contribution < -0.4 is 5.43 Å². The molecule has 1 N–H and O–H groups in total. The van der Waals surface area contributed by atoms with E-state index in [0.717, 1.165) is 10.7 Å². The van der Waals surface area contributed by atoms with Gasteiger partial charge in [0.15, 0.2) is 0 Å². The highest BCUT2D eigenvalue weighted by Crippen LogP contribution is 2.38. The molecule has 1 aromatic carbocycles. The number of nitrogens with zero attached hydrogens (tertiary/aromatic N) is 2. The third kappa shape index (κ3) is 4.00. The van der Waals surface area contributed by atoms with Gasteiger partial charge in [0.05, 0.1) is 11.4 Å². The van der Waals surface area contributed by atoms with Gasteiger partial charge in [0.25, 0.3) is 0 Å². The van der Waals surface area contributed by atoms with E-state index in [1.807, 2.05) is 30.3 Å². The SMILES string of the molecule is ClC(Cl)(Cl)C1=CC(c2ccccc2)=NN(C(Cl)(Cl)Cl)N1. The van der Waals surface area contributed by atoms with Gasteiger partial charge in [-0.25, -0.2) is 0 Å². The number of hydrogen-bond acceptors (Lipinski definition) is 3. The molecule has 1 aliphatic rings. The Morgan fingerprint density at radius 1 is 0.950 bits per heavy atom. The summed E-state index contributed by atoms with van der Waals surface area (Å²) in [7, 11) is 0. The van der Waals surface area contributed by atoms with Crippen LogP contribution in [0.1, 0.15) is 5.56 Å². The zero-order valence-corrected chi connectivity index (χ0v) is 14.2. The fourth-order valence-electron chi connectivity index (χ4n) is 1.46. The fourth-order valence-corrected chi connectivity index (χ4v) is 1.99. The molecule has 0 atom stereocenters. The van der Waals surface area contributed by atoms with E-state index in [2.05, 4.69) is 10.5 Å². The quantitative estimate of drug-likeness (QED) is 0.548. The maximum absolute atomic E-state index is 5.87. The molecule has 0 radical (unpaired) electrons. The Balaban J connectivity index is 2.46. The second kappa shape index (κ2) is 5.99. The summed E-state index contributed by atoms with van der Waals surface area (Å²) in [5.74, 6) is 0. The lowest BCUT2D eigenvalue weighted by atomic mass is 10.1. The number of alkyl halides is 6. The van der Waals surface area contributed by atoms with E-state index in [1.165, 1.54) is 0 Å². The molecule has 1 aromatic rings. The highest BCUT2D eigenvalue weighted by Gasteiger charge is 2.37. The largest absolute Gasteiger partial charge is 0.301 e. The van der Waals surface area contributed by atoms with Crippen molar-refractivity contribution in [3.8, 4) is 0 Å². The molecule has 0 aromatic heterocycles. The van der Waals surface area contributed by atoms with Gasteiger partial charge >= 0.3 is 3.92 Å². The fraction of sp³-hybridized carbons (Fsp3) is 0.182. The smallest absolute Gasteiger partial charge is 0.278 e. The molecular formula is C11H7Cl6N3. The molecule has 3 nitrogen and oxygen atoms in total. The molecule has 0 spiro atoms.